The van der Waals surface area contributed by atoms with Gasteiger partial charge in [0.25, 0.3) is 0 Å². The Morgan fingerprint density at radius 1 is 1.18 bits per heavy atom. The number of carbonyl (C=O) groups is 2. The fourth-order valence-electron chi connectivity index (χ4n) is 3.47. The quantitative estimate of drug-likeness (QED) is 0.806. The van der Waals surface area contributed by atoms with Crippen LogP contribution in [0.4, 0.5) is 0 Å². The van der Waals surface area contributed by atoms with Gasteiger partial charge in [0, 0.05) is 12.5 Å². The first-order valence-electron chi connectivity index (χ1n) is 8.04. The monoisotopic (exact) mass is 302 g/mol. The Balaban J connectivity index is 1.71. The minimum Gasteiger partial charge on any atom is -0.465 e. The van der Waals surface area contributed by atoms with Crippen molar-refractivity contribution in [3.05, 3.63) is 34.9 Å². The highest BCUT2D eigenvalue weighted by Gasteiger charge is 2.31. The maximum Gasteiger partial charge on any atom is 0.337 e. The average Bonchev–Trinajstić information content (AvgIpc) is 2.60. The summed E-state index contributed by atoms with van der Waals surface area (Å²) >= 11 is 0. The van der Waals surface area contributed by atoms with Crippen LogP contribution in [0, 0.1) is 5.92 Å². The van der Waals surface area contributed by atoms with E-state index in [2.05, 4.69) is 0 Å². The number of hydrogen-bond acceptors (Lipinski definition) is 4. The van der Waals surface area contributed by atoms with Crippen molar-refractivity contribution < 1.29 is 19.1 Å². The number of carbonyl (C=O) groups excluding carboxylic acids is 2. The van der Waals surface area contributed by atoms with Gasteiger partial charge in [-0.15, -0.1) is 0 Å². The van der Waals surface area contributed by atoms with Gasteiger partial charge in [-0.25, -0.2) is 4.79 Å². The summed E-state index contributed by atoms with van der Waals surface area (Å²) in [6, 6.07) is 5.65. The maximum atomic E-state index is 12.6. The number of aryl methyl sites for hydroxylation is 1. The third-order valence-corrected chi connectivity index (χ3v) is 4.76. The Kier molecular flexibility index (Phi) is 4.57. The minimum absolute atomic E-state index is 0.0552. The van der Waals surface area contributed by atoms with Gasteiger partial charge in [0.1, 0.15) is 6.10 Å². The number of esters is 1. The summed E-state index contributed by atoms with van der Waals surface area (Å²) in [6.07, 6.45) is 5.25. The number of ketones is 1. The molecule has 1 heterocycles. The van der Waals surface area contributed by atoms with Crippen molar-refractivity contribution >= 4 is 11.8 Å². The lowest BCUT2D eigenvalue weighted by atomic mass is 9.79. The molecule has 2 atom stereocenters. The third kappa shape index (κ3) is 3.07. The summed E-state index contributed by atoms with van der Waals surface area (Å²) in [6.45, 7) is 0.711. The van der Waals surface area contributed by atoms with Crippen molar-refractivity contribution in [1.82, 2.24) is 0 Å². The molecule has 118 valence electrons. The molecule has 2 aliphatic rings. The predicted octanol–water partition coefficient (Wildman–Crippen LogP) is 2.72. The molecule has 4 nitrogen and oxygen atoms in total. The molecule has 0 amide bonds. The van der Waals surface area contributed by atoms with Crippen LogP contribution >= 0.6 is 0 Å². The van der Waals surface area contributed by atoms with Crippen molar-refractivity contribution in [3.63, 3.8) is 0 Å². The van der Waals surface area contributed by atoms with E-state index in [9.17, 15) is 9.59 Å². The first kappa shape index (κ1) is 15.2. The molecule has 1 saturated heterocycles. The fourth-order valence-corrected chi connectivity index (χ4v) is 3.47. The molecule has 0 saturated carbocycles. The van der Waals surface area contributed by atoms with E-state index in [4.69, 9.17) is 9.47 Å². The molecule has 1 aliphatic carbocycles. The SMILES string of the molecule is COC(=O)c1ccc2c(c1)CCC(C(=O)C1CCCCO1)C2. The van der Waals surface area contributed by atoms with Crippen molar-refractivity contribution in [2.75, 3.05) is 13.7 Å². The molecule has 1 fully saturated rings. The number of benzene rings is 1. The fraction of sp³-hybridized carbons (Fsp3) is 0.556. The van der Waals surface area contributed by atoms with E-state index in [1.807, 2.05) is 12.1 Å². The number of rotatable bonds is 3. The summed E-state index contributed by atoms with van der Waals surface area (Å²) in [5.41, 5.74) is 2.92. The zero-order valence-electron chi connectivity index (χ0n) is 13.0. The number of Topliss-reactive ketones (excluding diaryl/α,β-unsaturated/α-hetero) is 1. The average molecular weight is 302 g/mol. The maximum absolute atomic E-state index is 12.6. The Morgan fingerprint density at radius 3 is 2.77 bits per heavy atom. The first-order chi connectivity index (χ1) is 10.7. The molecule has 1 aromatic carbocycles. The number of hydrogen-bond donors (Lipinski definition) is 0. The molecular formula is C18H22O4. The smallest absolute Gasteiger partial charge is 0.337 e. The lowest BCUT2D eigenvalue weighted by Crippen LogP contribution is -2.35. The normalized spacial score (nSPS) is 24.4. The number of fused-ring (bicyclic) bond motifs is 1. The van der Waals surface area contributed by atoms with Crippen LogP contribution in [0.5, 0.6) is 0 Å². The number of ether oxygens (including phenoxy) is 2. The van der Waals surface area contributed by atoms with Crippen molar-refractivity contribution in [1.29, 1.82) is 0 Å². The summed E-state index contributed by atoms with van der Waals surface area (Å²) in [4.78, 5) is 24.2. The molecule has 2 unspecified atom stereocenters. The van der Waals surface area contributed by atoms with Gasteiger partial charge in [0.2, 0.25) is 0 Å². The van der Waals surface area contributed by atoms with Gasteiger partial charge in [-0.1, -0.05) is 6.07 Å². The lowest BCUT2D eigenvalue weighted by Gasteiger charge is -2.29. The van der Waals surface area contributed by atoms with Crippen LogP contribution in [0.15, 0.2) is 18.2 Å². The summed E-state index contributed by atoms with van der Waals surface area (Å²) in [7, 11) is 1.39. The van der Waals surface area contributed by atoms with Crippen molar-refractivity contribution in [2.45, 2.75) is 44.6 Å². The van der Waals surface area contributed by atoms with Gasteiger partial charge >= 0.3 is 5.97 Å². The van der Waals surface area contributed by atoms with Crippen LogP contribution in [0.2, 0.25) is 0 Å². The molecule has 0 radical (unpaired) electrons. The molecule has 3 rings (SSSR count). The lowest BCUT2D eigenvalue weighted by molar-refractivity contribution is -0.137. The molecule has 1 aromatic rings. The number of methoxy groups -OCH3 is 1. The van der Waals surface area contributed by atoms with E-state index in [0.717, 1.165) is 44.1 Å². The Bertz CT molecular complexity index is 572. The summed E-state index contributed by atoms with van der Waals surface area (Å²) < 4.78 is 10.4. The Labute approximate surface area is 130 Å². The molecule has 0 spiro atoms. The van der Waals surface area contributed by atoms with Crippen molar-refractivity contribution in [2.24, 2.45) is 5.92 Å². The Hall–Kier alpha value is -1.68. The standard InChI is InChI=1S/C18H22O4/c1-21-18(20)15-8-6-12-10-14(7-5-13(12)11-15)17(19)16-4-2-3-9-22-16/h6,8,11,14,16H,2-5,7,9-10H2,1H3. The van der Waals surface area contributed by atoms with Crippen LogP contribution in [0.1, 0.15) is 47.2 Å². The van der Waals surface area contributed by atoms with Crippen molar-refractivity contribution in [3.8, 4) is 0 Å². The van der Waals surface area contributed by atoms with Crippen LogP contribution in [0.25, 0.3) is 0 Å². The zero-order valence-corrected chi connectivity index (χ0v) is 13.0. The molecule has 0 aromatic heterocycles. The van der Waals surface area contributed by atoms with Crippen LogP contribution in [-0.4, -0.2) is 31.6 Å². The second-order valence-corrected chi connectivity index (χ2v) is 6.17. The van der Waals surface area contributed by atoms with E-state index in [1.165, 1.54) is 12.7 Å². The van der Waals surface area contributed by atoms with Crippen LogP contribution in [-0.2, 0) is 27.1 Å². The zero-order chi connectivity index (χ0) is 15.5. The molecule has 0 N–H and O–H groups in total. The first-order valence-corrected chi connectivity index (χ1v) is 8.04. The second-order valence-electron chi connectivity index (χ2n) is 6.17. The van der Waals surface area contributed by atoms with Gasteiger partial charge in [-0.2, -0.15) is 0 Å². The van der Waals surface area contributed by atoms with E-state index < -0.39 is 0 Å². The predicted molar refractivity (Wildman–Crippen MR) is 81.9 cm³/mol. The highest BCUT2D eigenvalue weighted by atomic mass is 16.5. The molecule has 22 heavy (non-hydrogen) atoms. The second kappa shape index (κ2) is 6.61. The van der Waals surface area contributed by atoms with Gasteiger partial charge < -0.3 is 9.47 Å². The molecule has 0 bridgehead atoms. The Morgan fingerprint density at radius 2 is 2.05 bits per heavy atom. The topological polar surface area (TPSA) is 52.6 Å². The van der Waals surface area contributed by atoms with Crippen LogP contribution < -0.4 is 0 Å². The van der Waals surface area contributed by atoms with Gasteiger partial charge in [0.15, 0.2) is 5.78 Å². The minimum atomic E-state index is -0.309. The molecule has 1 aliphatic heterocycles. The van der Waals surface area contributed by atoms with E-state index in [-0.39, 0.29) is 23.8 Å². The highest BCUT2D eigenvalue weighted by molar-refractivity contribution is 5.90. The summed E-state index contributed by atoms with van der Waals surface area (Å²) in [5, 5.41) is 0. The largest absolute Gasteiger partial charge is 0.465 e. The van der Waals surface area contributed by atoms with Gasteiger partial charge in [-0.05, 0) is 61.8 Å². The van der Waals surface area contributed by atoms with E-state index in [0.29, 0.717) is 12.2 Å². The highest BCUT2D eigenvalue weighted by Crippen LogP contribution is 2.29. The van der Waals surface area contributed by atoms with Gasteiger partial charge in [-0.3, -0.25) is 4.79 Å². The third-order valence-electron chi connectivity index (χ3n) is 4.76. The van der Waals surface area contributed by atoms with E-state index in [1.54, 1.807) is 6.07 Å². The van der Waals surface area contributed by atoms with Gasteiger partial charge in [0.05, 0.1) is 12.7 Å². The summed E-state index contributed by atoms with van der Waals surface area (Å²) in [5.74, 6) is 0.0126. The van der Waals surface area contributed by atoms with Crippen LogP contribution in [0.3, 0.4) is 0 Å². The van der Waals surface area contributed by atoms with E-state index >= 15 is 0 Å². The molecular weight excluding hydrogens is 280 g/mol. The molecule has 4 heteroatoms.